The van der Waals surface area contributed by atoms with Crippen LogP contribution in [0.5, 0.6) is 0 Å². The molecule has 6 nitrogen and oxygen atoms in total. The van der Waals surface area contributed by atoms with Gasteiger partial charge in [0.1, 0.15) is 0 Å². The lowest BCUT2D eigenvalue weighted by atomic mass is 9.86. The van der Waals surface area contributed by atoms with Crippen molar-refractivity contribution in [2.45, 2.75) is 26.7 Å². The molecule has 1 unspecified atom stereocenters. The Hall–Kier alpha value is -1.21. The molecule has 0 aromatic heterocycles. The summed E-state index contributed by atoms with van der Waals surface area (Å²) < 4.78 is 4.81. The van der Waals surface area contributed by atoms with Crippen LogP contribution in [0.1, 0.15) is 26.7 Å². The topological polar surface area (TPSA) is 93.5 Å². The first kappa shape index (κ1) is 17.8. The molecule has 0 fully saturated rings. The zero-order valence-electron chi connectivity index (χ0n) is 11.7. The lowest BCUT2D eigenvalue weighted by Gasteiger charge is -2.25. The van der Waals surface area contributed by atoms with E-state index in [9.17, 15) is 9.59 Å². The van der Waals surface area contributed by atoms with Crippen LogP contribution in [0.3, 0.4) is 0 Å². The van der Waals surface area contributed by atoms with E-state index in [0.717, 1.165) is 0 Å². The summed E-state index contributed by atoms with van der Waals surface area (Å²) in [7, 11) is 1.56. The lowest BCUT2D eigenvalue weighted by Crippen LogP contribution is -2.47. The van der Waals surface area contributed by atoms with Gasteiger partial charge in [-0.3, -0.25) is 9.59 Å². The molecule has 0 saturated carbocycles. The molecule has 110 valence electrons. The van der Waals surface area contributed by atoms with Gasteiger partial charge in [0.05, 0.1) is 17.0 Å². The average molecular weight is 289 g/mol. The summed E-state index contributed by atoms with van der Waals surface area (Å²) in [6.45, 7) is 4.73. The third-order valence-corrected chi connectivity index (χ3v) is 3.47. The van der Waals surface area contributed by atoms with E-state index in [2.05, 4.69) is 10.6 Å². The van der Waals surface area contributed by atoms with Crippen LogP contribution < -0.4 is 16.4 Å². The van der Waals surface area contributed by atoms with Gasteiger partial charge in [0.25, 0.3) is 0 Å². The number of nitrogens with one attached hydrogen (secondary N) is 2. The Balaban J connectivity index is 4.03. The maximum Gasteiger partial charge on any atom is 0.232 e. The number of nitrogens with two attached hydrogens (primary N) is 1. The third-order valence-electron chi connectivity index (χ3n) is 3.02. The van der Waals surface area contributed by atoms with Crippen molar-refractivity contribution in [2.24, 2.45) is 11.1 Å². The Kier molecular flexibility index (Phi) is 8.26. The molecule has 0 aliphatic rings. The summed E-state index contributed by atoms with van der Waals surface area (Å²) in [4.78, 5) is 23.5. The standard InChI is InChI=1S/C12H23N3O3S/c1-4-12(2,10(13)19)11(17)15-6-5-9(16)14-7-8-18-3/h4-8H2,1-3H3,(H2,13,19)(H,14,16)(H,15,17). The molecule has 0 aliphatic heterocycles. The summed E-state index contributed by atoms with van der Waals surface area (Å²) in [5.41, 5.74) is 4.71. The van der Waals surface area contributed by atoms with E-state index in [-0.39, 0.29) is 29.8 Å². The number of hydrogen-bond donors (Lipinski definition) is 3. The first-order chi connectivity index (χ1) is 8.88. The molecule has 0 rings (SSSR count). The zero-order valence-corrected chi connectivity index (χ0v) is 12.6. The van der Waals surface area contributed by atoms with Crippen molar-refractivity contribution < 1.29 is 14.3 Å². The Bertz CT molecular complexity index is 336. The molecule has 0 bridgehead atoms. The van der Waals surface area contributed by atoms with Crippen molar-refractivity contribution in [3.63, 3.8) is 0 Å². The molecule has 4 N–H and O–H groups in total. The van der Waals surface area contributed by atoms with Crippen molar-refractivity contribution >= 4 is 29.0 Å². The zero-order chi connectivity index (χ0) is 14.9. The van der Waals surface area contributed by atoms with Gasteiger partial charge in [-0.15, -0.1) is 0 Å². The highest BCUT2D eigenvalue weighted by molar-refractivity contribution is 7.80. The molecule has 1 atom stereocenters. The molecule has 0 aliphatic carbocycles. The third kappa shape index (κ3) is 5.98. The normalized spacial score (nSPS) is 13.4. The number of hydrogen-bond acceptors (Lipinski definition) is 4. The van der Waals surface area contributed by atoms with Crippen LogP contribution in [0.15, 0.2) is 0 Å². The van der Waals surface area contributed by atoms with Gasteiger partial charge in [-0.05, 0) is 13.3 Å². The molecular formula is C12H23N3O3S. The summed E-state index contributed by atoms with van der Waals surface area (Å²) >= 11 is 4.90. The number of ether oxygens (including phenoxy) is 1. The van der Waals surface area contributed by atoms with Crippen molar-refractivity contribution in [2.75, 3.05) is 26.8 Å². The van der Waals surface area contributed by atoms with Gasteiger partial charge in [-0.2, -0.15) is 0 Å². The summed E-state index contributed by atoms with van der Waals surface area (Å²) in [5.74, 6) is -0.377. The van der Waals surface area contributed by atoms with Gasteiger partial charge in [-0.1, -0.05) is 19.1 Å². The van der Waals surface area contributed by atoms with Gasteiger partial charge >= 0.3 is 0 Å². The number of thiocarbonyl (C=S) groups is 1. The van der Waals surface area contributed by atoms with E-state index in [4.69, 9.17) is 22.7 Å². The molecule has 0 spiro atoms. The van der Waals surface area contributed by atoms with E-state index in [1.165, 1.54) is 0 Å². The fourth-order valence-electron chi connectivity index (χ4n) is 1.31. The van der Waals surface area contributed by atoms with E-state index in [1.54, 1.807) is 14.0 Å². The number of carbonyl (C=O) groups excluding carboxylic acids is 2. The molecule has 0 aromatic rings. The highest BCUT2D eigenvalue weighted by atomic mass is 32.1. The Morgan fingerprint density at radius 3 is 2.42 bits per heavy atom. The van der Waals surface area contributed by atoms with Gasteiger partial charge in [-0.25, -0.2) is 0 Å². The van der Waals surface area contributed by atoms with Gasteiger partial charge in [0.15, 0.2) is 0 Å². The number of methoxy groups -OCH3 is 1. The maximum atomic E-state index is 11.9. The van der Waals surface area contributed by atoms with Crippen molar-refractivity contribution in [3.05, 3.63) is 0 Å². The predicted octanol–water partition coefficient (Wildman–Crippen LogP) is -0.0423. The van der Waals surface area contributed by atoms with Crippen LogP contribution in [0.2, 0.25) is 0 Å². The van der Waals surface area contributed by atoms with Gasteiger partial charge in [0.2, 0.25) is 11.8 Å². The highest BCUT2D eigenvalue weighted by Crippen LogP contribution is 2.21. The molecule has 7 heteroatoms. The first-order valence-corrected chi connectivity index (χ1v) is 6.63. The molecule has 19 heavy (non-hydrogen) atoms. The Morgan fingerprint density at radius 1 is 1.32 bits per heavy atom. The SMILES string of the molecule is CCC(C)(C(=O)NCCC(=O)NCCOC)C(N)=S. The fourth-order valence-corrected chi connectivity index (χ4v) is 1.55. The lowest BCUT2D eigenvalue weighted by molar-refractivity contribution is -0.127. The molecule has 0 saturated heterocycles. The molecule has 0 heterocycles. The maximum absolute atomic E-state index is 11.9. The minimum absolute atomic E-state index is 0.133. The first-order valence-electron chi connectivity index (χ1n) is 6.22. The quantitative estimate of drug-likeness (QED) is 0.409. The number of rotatable bonds is 9. The molecule has 0 aromatic carbocycles. The average Bonchev–Trinajstić information content (AvgIpc) is 2.37. The van der Waals surface area contributed by atoms with Crippen molar-refractivity contribution in [1.29, 1.82) is 0 Å². The molecule has 0 radical (unpaired) electrons. The van der Waals surface area contributed by atoms with Gasteiger partial charge in [0, 0.05) is 26.6 Å². The molecular weight excluding hydrogens is 266 g/mol. The van der Waals surface area contributed by atoms with Crippen molar-refractivity contribution in [3.8, 4) is 0 Å². The fraction of sp³-hybridized carbons (Fsp3) is 0.750. The van der Waals surface area contributed by atoms with Crippen LogP contribution in [0.25, 0.3) is 0 Å². The largest absolute Gasteiger partial charge is 0.392 e. The monoisotopic (exact) mass is 289 g/mol. The smallest absolute Gasteiger partial charge is 0.232 e. The van der Waals surface area contributed by atoms with E-state index >= 15 is 0 Å². The number of amides is 2. The summed E-state index contributed by atoms with van der Waals surface area (Å²) in [6, 6.07) is 0. The highest BCUT2D eigenvalue weighted by Gasteiger charge is 2.34. The summed E-state index contributed by atoms with van der Waals surface area (Å²) in [6.07, 6.45) is 0.737. The second kappa shape index (κ2) is 8.82. The van der Waals surface area contributed by atoms with Gasteiger partial charge < -0.3 is 21.1 Å². The van der Waals surface area contributed by atoms with E-state index < -0.39 is 5.41 Å². The van der Waals surface area contributed by atoms with Crippen LogP contribution >= 0.6 is 12.2 Å². The summed E-state index contributed by atoms with van der Waals surface area (Å²) in [5, 5.41) is 5.35. The van der Waals surface area contributed by atoms with E-state index in [0.29, 0.717) is 19.6 Å². The molecule has 2 amide bonds. The number of carbonyl (C=O) groups is 2. The van der Waals surface area contributed by atoms with Crippen LogP contribution in [0, 0.1) is 5.41 Å². The van der Waals surface area contributed by atoms with E-state index in [1.807, 2.05) is 6.92 Å². The van der Waals surface area contributed by atoms with Crippen LogP contribution in [-0.2, 0) is 14.3 Å². The predicted molar refractivity (Wildman–Crippen MR) is 77.7 cm³/mol. The second-order valence-electron chi connectivity index (χ2n) is 4.40. The minimum Gasteiger partial charge on any atom is -0.392 e. The van der Waals surface area contributed by atoms with Crippen molar-refractivity contribution in [1.82, 2.24) is 10.6 Å². The van der Waals surface area contributed by atoms with Crippen LogP contribution in [0.4, 0.5) is 0 Å². The Morgan fingerprint density at radius 2 is 1.95 bits per heavy atom. The minimum atomic E-state index is -0.859. The Labute approximate surface area is 119 Å². The van der Waals surface area contributed by atoms with Crippen LogP contribution in [-0.4, -0.2) is 43.6 Å². The second-order valence-corrected chi connectivity index (χ2v) is 4.84.